The maximum absolute atomic E-state index is 12.2. The molecule has 0 aliphatic carbocycles. The van der Waals surface area contributed by atoms with E-state index in [0.29, 0.717) is 6.42 Å². The van der Waals surface area contributed by atoms with Crippen LogP contribution in [0.5, 0.6) is 0 Å². The van der Waals surface area contributed by atoms with Crippen molar-refractivity contribution in [3.05, 3.63) is 36.5 Å². The Kier molecular flexibility index (Phi) is 29.1. The van der Waals surface area contributed by atoms with E-state index < -0.39 is 12.1 Å². The van der Waals surface area contributed by atoms with Crippen molar-refractivity contribution in [3.63, 3.8) is 0 Å². The van der Waals surface area contributed by atoms with Crippen LogP contribution in [0, 0.1) is 0 Å². The van der Waals surface area contributed by atoms with Gasteiger partial charge in [0.15, 0.2) is 0 Å². The van der Waals surface area contributed by atoms with Crippen LogP contribution in [0.2, 0.25) is 0 Å². The summed E-state index contributed by atoms with van der Waals surface area (Å²) in [7, 11) is 0. The highest BCUT2D eigenvalue weighted by Gasteiger charge is 2.17. The van der Waals surface area contributed by atoms with Crippen LogP contribution in [0.25, 0.3) is 0 Å². The van der Waals surface area contributed by atoms with E-state index in [1.165, 1.54) is 89.9 Å². The maximum Gasteiger partial charge on any atom is 0.220 e. The summed E-state index contributed by atoms with van der Waals surface area (Å²) in [6.45, 7) is 4.24. The Morgan fingerprint density at radius 2 is 1.08 bits per heavy atom. The van der Waals surface area contributed by atoms with Crippen molar-refractivity contribution in [3.8, 4) is 0 Å². The number of hydrogen-bond acceptors (Lipinski definition) is 3. The van der Waals surface area contributed by atoms with Crippen molar-refractivity contribution in [2.75, 3.05) is 6.61 Å². The topological polar surface area (TPSA) is 69.6 Å². The van der Waals surface area contributed by atoms with E-state index in [9.17, 15) is 15.0 Å². The Balaban J connectivity index is 3.70. The highest BCUT2D eigenvalue weighted by atomic mass is 16.3. The van der Waals surface area contributed by atoms with Crippen LogP contribution in [0.3, 0.4) is 0 Å². The summed E-state index contributed by atoms with van der Waals surface area (Å²) in [4.78, 5) is 12.2. The Labute approximate surface area is 236 Å². The molecule has 0 aromatic rings. The highest BCUT2D eigenvalue weighted by molar-refractivity contribution is 5.76. The van der Waals surface area contributed by atoms with Gasteiger partial charge in [0.05, 0.1) is 18.8 Å². The van der Waals surface area contributed by atoms with Crippen LogP contribution in [-0.4, -0.2) is 34.9 Å². The summed E-state index contributed by atoms with van der Waals surface area (Å²) >= 11 is 0. The van der Waals surface area contributed by atoms with Gasteiger partial charge in [0.25, 0.3) is 0 Å². The molecule has 0 aliphatic rings. The molecule has 0 fully saturated rings. The third-order valence-electron chi connectivity index (χ3n) is 7.12. The Morgan fingerprint density at radius 1 is 0.632 bits per heavy atom. The SMILES string of the molecule is CCCCCC/C=C\C/C=C\CCCCCCCC(=O)NC(CO)C(O)/C=C/CCCCCCCCCC. The lowest BCUT2D eigenvalue weighted by Gasteiger charge is -2.20. The molecule has 1 amide bonds. The predicted octanol–water partition coefficient (Wildman–Crippen LogP) is 9.12. The van der Waals surface area contributed by atoms with Gasteiger partial charge in [-0.2, -0.15) is 0 Å². The number of aliphatic hydroxyl groups excluding tert-OH is 2. The standard InChI is InChI=1S/C34H63NO3/c1-3-5-7-9-11-13-15-16-17-18-19-20-22-24-26-28-30-34(38)35-32(31-36)33(37)29-27-25-23-21-14-12-10-8-6-4-2/h13,15,17-18,27,29,32-33,36-37H,3-12,14,16,19-26,28,30-31H2,1-2H3,(H,35,38)/b15-13-,18-17-,29-27+. The minimum atomic E-state index is -0.840. The van der Waals surface area contributed by atoms with Crippen LogP contribution >= 0.6 is 0 Å². The van der Waals surface area contributed by atoms with E-state index in [2.05, 4.69) is 43.5 Å². The fourth-order valence-corrected chi connectivity index (χ4v) is 4.56. The first kappa shape index (κ1) is 36.6. The Bertz CT molecular complexity index is 584. The van der Waals surface area contributed by atoms with Crippen molar-refractivity contribution >= 4 is 5.91 Å². The van der Waals surface area contributed by atoms with E-state index in [4.69, 9.17) is 0 Å². The van der Waals surface area contributed by atoms with Crippen LogP contribution in [-0.2, 0) is 4.79 Å². The molecule has 2 unspecified atom stereocenters. The van der Waals surface area contributed by atoms with E-state index in [0.717, 1.165) is 44.9 Å². The number of hydrogen-bond donors (Lipinski definition) is 3. The number of carbonyl (C=O) groups is 1. The molecule has 4 nitrogen and oxygen atoms in total. The number of carbonyl (C=O) groups excluding carboxylic acids is 1. The summed E-state index contributed by atoms with van der Waals surface area (Å²) < 4.78 is 0. The fourth-order valence-electron chi connectivity index (χ4n) is 4.56. The predicted molar refractivity (Wildman–Crippen MR) is 165 cm³/mol. The quantitative estimate of drug-likeness (QED) is 0.0693. The third-order valence-corrected chi connectivity index (χ3v) is 7.12. The summed E-state index contributed by atoms with van der Waals surface area (Å²) in [5.74, 6) is -0.0825. The zero-order chi connectivity index (χ0) is 27.9. The number of unbranched alkanes of at least 4 members (excludes halogenated alkanes) is 17. The second-order valence-electron chi connectivity index (χ2n) is 10.9. The summed E-state index contributed by atoms with van der Waals surface area (Å²) in [5, 5.41) is 22.7. The van der Waals surface area contributed by atoms with Crippen LogP contribution in [0.1, 0.15) is 155 Å². The zero-order valence-corrected chi connectivity index (χ0v) is 25.2. The monoisotopic (exact) mass is 533 g/mol. The van der Waals surface area contributed by atoms with Gasteiger partial charge in [0, 0.05) is 6.42 Å². The van der Waals surface area contributed by atoms with Crippen molar-refractivity contribution in [1.29, 1.82) is 0 Å². The summed E-state index contributed by atoms with van der Waals surface area (Å²) in [5.41, 5.74) is 0. The molecule has 3 N–H and O–H groups in total. The highest BCUT2D eigenvalue weighted by Crippen LogP contribution is 2.11. The molecule has 0 bridgehead atoms. The second kappa shape index (κ2) is 30.2. The molecule has 222 valence electrons. The second-order valence-corrected chi connectivity index (χ2v) is 10.9. The molecule has 4 heteroatoms. The van der Waals surface area contributed by atoms with Gasteiger partial charge in [-0.1, -0.05) is 134 Å². The van der Waals surface area contributed by atoms with Gasteiger partial charge in [-0.3, -0.25) is 4.79 Å². The normalized spacial score (nSPS) is 13.7. The minimum Gasteiger partial charge on any atom is -0.394 e. The van der Waals surface area contributed by atoms with Crippen molar-refractivity contribution in [2.24, 2.45) is 0 Å². The third kappa shape index (κ3) is 26.2. The molecule has 0 rings (SSSR count). The van der Waals surface area contributed by atoms with Gasteiger partial charge >= 0.3 is 0 Å². The molecule has 0 radical (unpaired) electrons. The minimum absolute atomic E-state index is 0.0825. The number of amides is 1. The van der Waals surface area contributed by atoms with Crippen LogP contribution in [0.15, 0.2) is 36.5 Å². The lowest BCUT2D eigenvalue weighted by molar-refractivity contribution is -0.123. The number of nitrogens with one attached hydrogen (secondary N) is 1. The molecular formula is C34H63NO3. The molecule has 0 aromatic heterocycles. The van der Waals surface area contributed by atoms with E-state index >= 15 is 0 Å². The smallest absolute Gasteiger partial charge is 0.220 e. The van der Waals surface area contributed by atoms with Gasteiger partial charge < -0.3 is 15.5 Å². The molecule has 0 aromatic carbocycles. The largest absolute Gasteiger partial charge is 0.394 e. The molecule has 0 aliphatic heterocycles. The van der Waals surface area contributed by atoms with E-state index in [-0.39, 0.29) is 12.5 Å². The summed E-state index contributed by atoms with van der Waals surface area (Å²) in [6.07, 6.45) is 37.8. The Morgan fingerprint density at radius 3 is 1.61 bits per heavy atom. The lowest BCUT2D eigenvalue weighted by Crippen LogP contribution is -2.45. The molecule has 38 heavy (non-hydrogen) atoms. The van der Waals surface area contributed by atoms with Crippen molar-refractivity contribution < 1.29 is 15.0 Å². The first-order valence-corrected chi connectivity index (χ1v) is 16.2. The molecular weight excluding hydrogens is 470 g/mol. The van der Waals surface area contributed by atoms with Crippen molar-refractivity contribution in [2.45, 2.75) is 167 Å². The van der Waals surface area contributed by atoms with Gasteiger partial charge in [-0.05, 0) is 51.4 Å². The maximum atomic E-state index is 12.2. The molecule has 0 saturated carbocycles. The fraction of sp³-hybridized carbons (Fsp3) is 0.794. The first-order valence-electron chi connectivity index (χ1n) is 16.2. The zero-order valence-electron chi connectivity index (χ0n) is 25.2. The van der Waals surface area contributed by atoms with Crippen molar-refractivity contribution in [1.82, 2.24) is 5.32 Å². The average Bonchev–Trinajstić information content (AvgIpc) is 2.92. The van der Waals surface area contributed by atoms with E-state index in [1.807, 2.05) is 6.08 Å². The van der Waals surface area contributed by atoms with Crippen LogP contribution < -0.4 is 5.32 Å². The Hall–Kier alpha value is -1.39. The number of aliphatic hydroxyl groups is 2. The molecule has 0 saturated heterocycles. The number of allylic oxidation sites excluding steroid dienone is 5. The van der Waals surface area contributed by atoms with Gasteiger partial charge in [-0.25, -0.2) is 0 Å². The van der Waals surface area contributed by atoms with Gasteiger partial charge in [-0.15, -0.1) is 0 Å². The lowest BCUT2D eigenvalue weighted by atomic mass is 10.1. The average molecular weight is 534 g/mol. The first-order chi connectivity index (χ1) is 18.7. The van der Waals surface area contributed by atoms with E-state index in [1.54, 1.807) is 6.08 Å². The molecule has 0 heterocycles. The molecule has 0 spiro atoms. The van der Waals surface area contributed by atoms with Crippen LogP contribution in [0.4, 0.5) is 0 Å². The van der Waals surface area contributed by atoms with Gasteiger partial charge in [0.1, 0.15) is 0 Å². The molecule has 2 atom stereocenters. The van der Waals surface area contributed by atoms with Gasteiger partial charge in [0.2, 0.25) is 5.91 Å². The number of rotatable bonds is 28. The summed E-state index contributed by atoms with van der Waals surface area (Å²) in [6, 6.07) is -0.625.